The summed E-state index contributed by atoms with van der Waals surface area (Å²) in [5.74, 6) is 1.67. The predicted molar refractivity (Wildman–Crippen MR) is 91.7 cm³/mol. The number of rotatable bonds is 6. The van der Waals surface area contributed by atoms with Gasteiger partial charge in [-0.3, -0.25) is 0 Å². The Labute approximate surface area is 135 Å². The number of ether oxygens (including phenoxy) is 1. The van der Waals surface area contributed by atoms with Crippen LogP contribution in [0.15, 0.2) is 47.4 Å². The van der Waals surface area contributed by atoms with E-state index < -0.39 is 0 Å². The van der Waals surface area contributed by atoms with E-state index in [1.807, 2.05) is 37.0 Å². The Morgan fingerprint density at radius 2 is 2.05 bits per heavy atom. The van der Waals surface area contributed by atoms with E-state index in [0.717, 1.165) is 11.5 Å². The van der Waals surface area contributed by atoms with Crippen molar-refractivity contribution in [2.45, 2.75) is 17.9 Å². The highest BCUT2D eigenvalue weighted by Gasteiger charge is 2.12. The standard InChI is InChI=1S/C17H20ClNOS/c1-12-5-4-6-14(9-12)21-11-16(19-2)13-7-8-15(18)17(10-13)20-3/h4-10,16,19H,11H2,1-3H3. The molecule has 0 bridgehead atoms. The topological polar surface area (TPSA) is 21.3 Å². The summed E-state index contributed by atoms with van der Waals surface area (Å²) in [6.07, 6.45) is 0. The van der Waals surface area contributed by atoms with E-state index in [4.69, 9.17) is 16.3 Å². The Balaban J connectivity index is 2.09. The second-order valence-corrected chi connectivity index (χ2v) is 6.36. The molecule has 2 nitrogen and oxygen atoms in total. The minimum atomic E-state index is 0.252. The van der Waals surface area contributed by atoms with E-state index in [1.54, 1.807) is 7.11 Å². The first-order chi connectivity index (χ1) is 10.1. The molecule has 0 fully saturated rings. The summed E-state index contributed by atoms with van der Waals surface area (Å²) >= 11 is 7.93. The van der Waals surface area contributed by atoms with E-state index in [9.17, 15) is 0 Å². The fourth-order valence-corrected chi connectivity index (χ4v) is 3.48. The largest absolute Gasteiger partial charge is 0.495 e. The van der Waals surface area contributed by atoms with Crippen LogP contribution in [0.5, 0.6) is 5.75 Å². The lowest BCUT2D eigenvalue weighted by Gasteiger charge is -2.17. The van der Waals surface area contributed by atoms with Gasteiger partial charge in [-0.1, -0.05) is 35.4 Å². The van der Waals surface area contributed by atoms with Gasteiger partial charge in [-0.25, -0.2) is 0 Å². The zero-order valence-electron chi connectivity index (χ0n) is 12.5. The number of aryl methyl sites for hydroxylation is 1. The van der Waals surface area contributed by atoms with Crippen LogP contribution in [0, 0.1) is 6.92 Å². The van der Waals surface area contributed by atoms with Crippen molar-refractivity contribution in [2.24, 2.45) is 0 Å². The van der Waals surface area contributed by atoms with Crippen molar-refractivity contribution in [1.29, 1.82) is 0 Å². The van der Waals surface area contributed by atoms with Crippen LogP contribution in [-0.2, 0) is 0 Å². The summed E-state index contributed by atoms with van der Waals surface area (Å²) in [7, 11) is 3.61. The molecule has 112 valence electrons. The first-order valence-corrected chi connectivity index (χ1v) is 8.20. The highest BCUT2D eigenvalue weighted by Crippen LogP contribution is 2.30. The molecule has 0 radical (unpaired) electrons. The lowest BCUT2D eigenvalue weighted by molar-refractivity contribution is 0.414. The van der Waals surface area contributed by atoms with Gasteiger partial charge in [0, 0.05) is 16.7 Å². The van der Waals surface area contributed by atoms with E-state index >= 15 is 0 Å². The van der Waals surface area contributed by atoms with Crippen molar-refractivity contribution in [3.05, 3.63) is 58.6 Å². The Kier molecular flexibility index (Phi) is 5.97. The van der Waals surface area contributed by atoms with Crippen LogP contribution in [-0.4, -0.2) is 19.9 Å². The molecule has 0 aliphatic carbocycles. The van der Waals surface area contributed by atoms with Crippen molar-refractivity contribution in [2.75, 3.05) is 19.9 Å². The van der Waals surface area contributed by atoms with Crippen molar-refractivity contribution in [3.63, 3.8) is 0 Å². The highest BCUT2D eigenvalue weighted by molar-refractivity contribution is 7.99. The number of halogens is 1. The third-order valence-electron chi connectivity index (χ3n) is 3.33. The van der Waals surface area contributed by atoms with Crippen molar-refractivity contribution < 1.29 is 4.74 Å². The van der Waals surface area contributed by atoms with Crippen molar-refractivity contribution >= 4 is 23.4 Å². The summed E-state index contributed by atoms with van der Waals surface area (Å²) in [4.78, 5) is 1.29. The SMILES string of the molecule is CNC(CSc1cccc(C)c1)c1ccc(Cl)c(OC)c1. The maximum Gasteiger partial charge on any atom is 0.137 e. The highest BCUT2D eigenvalue weighted by atomic mass is 35.5. The molecule has 2 aromatic rings. The number of thioether (sulfide) groups is 1. The maximum absolute atomic E-state index is 6.08. The lowest BCUT2D eigenvalue weighted by Crippen LogP contribution is -2.18. The number of hydrogen-bond donors (Lipinski definition) is 1. The maximum atomic E-state index is 6.08. The predicted octanol–water partition coefficient (Wildman–Crippen LogP) is 4.71. The lowest BCUT2D eigenvalue weighted by atomic mass is 10.1. The average molecular weight is 322 g/mol. The third kappa shape index (κ3) is 4.40. The normalized spacial score (nSPS) is 12.2. The molecule has 21 heavy (non-hydrogen) atoms. The second kappa shape index (κ2) is 7.74. The van der Waals surface area contributed by atoms with Gasteiger partial charge in [0.2, 0.25) is 0 Å². The monoisotopic (exact) mass is 321 g/mol. The molecule has 0 heterocycles. The van der Waals surface area contributed by atoms with Crippen LogP contribution in [0.4, 0.5) is 0 Å². The number of hydrogen-bond acceptors (Lipinski definition) is 3. The van der Waals surface area contributed by atoms with Crippen LogP contribution in [0.1, 0.15) is 17.2 Å². The van der Waals surface area contributed by atoms with Gasteiger partial charge in [-0.2, -0.15) is 0 Å². The molecule has 0 aromatic heterocycles. The molecule has 2 aromatic carbocycles. The molecule has 0 saturated heterocycles. The van der Waals surface area contributed by atoms with Gasteiger partial charge in [0.05, 0.1) is 12.1 Å². The molecule has 0 aliphatic rings. The Morgan fingerprint density at radius 1 is 1.24 bits per heavy atom. The molecule has 4 heteroatoms. The minimum Gasteiger partial charge on any atom is -0.495 e. The molecule has 0 saturated carbocycles. The summed E-state index contributed by atoms with van der Waals surface area (Å²) < 4.78 is 5.29. The molecule has 0 spiro atoms. The van der Waals surface area contributed by atoms with E-state index in [-0.39, 0.29) is 6.04 Å². The minimum absolute atomic E-state index is 0.252. The van der Waals surface area contributed by atoms with Crippen LogP contribution in [0.3, 0.4) is 0 Å². The van der Waals surface area contributed by atoms with Gasteiger partial charge < -0.3 is 10.1 Å². The van der Waals surface area contributed by atoms with E-state index in [2.05, 4.69) is 36.5 Å². The van der Waals surface area contributed by atoms with Crippen molar-refractivity contribution in [3.8, 4) is 5.75 Å². The third-order valence-corrected chi connectivity index (χ3v) is 4.73. The molecule has 1 unspecified atom stereocenters. The molecular weight excluding hydrogens is 302 g/mol. The molecule has 1 N–H and O–H groups in total. The van der Waals surface area contributed by atoms with Crippen LogP contribution >= 0.6 is 23.4 Å². The fourth-order valence-electron chi connectivity index (χ4n) is 2.12. The van der Waals surface area contributed by atoms with Crippen LogP contribution in [0.2, 0.25) is 5.02 Å². The van der Waals surface area contributed by atoms with Gasteiger partial charge in [0.1, 0.15) is 5.75 Å². The summed E-state index contributed by atoms with van der Waals surface area (Å²) in [6.45, 7) is 2.11. The molecule has 0 amide bonds. The van der Waals surface area contributed by atoms with Gasteiger partial charge in [0.15, 0.2) is 0 Å². The summed E-state index contributed by atoms with van der Waals surface area (Å²) in [5.41, 5.74) is 2.47. The van der Waals surface area contributed by atoms with Crippen molar-refractivity contribution in [1.82, 2.24) is 5.32 Å². The Morgan fingerprint density at radius 3 is 2.71 bits per heavy atom. The summed E-state index contributed by atoms with van der Waals surface area (Å²) in [6, 6.07) is 14.7. The zero-order chi connectivity index (χ0) is 15.2. The first-order valence-electron chi connectivity index (χ1n) is 6.84. The van der Waals surface area contributed by atoms with Gasteiger partial charge >= 0.3 is 0 Å². The fraction of sp³-hybridized carbons (Fsp3) is 0.294. The summed E-state index contributed by atoms with van der Waals surface area (Å²) in [5, 5.41) is 4.00. The Hall–Kier alpha value is -1.16. The van der Waals surface area contributed by atoms with Crippen LogP contribution < -0.4 is 10.1 Å². The van der Waals surface area contributed by atoms with Gasteiger partial charge in [-0.05, 0) is 43.8 Å². The quantitative estimate of drug-likeness (QED) is 0.778. The van der Waals surface area contributed by atoms with Crippen LogP contribution in [0.25, 0.3) is 0 Å². The first kappa shape index (κ1) is 16.2. The molecule has 1 atom stereocenters. The van der Waals surface area contributed by atoms with E-state index in [1.165, 1.54) is 16.0 Å². The van der Waals surface area contributed by atoms with Gasteiger partial charge in [0.25, 0.3) is 0 Å². The molecule has 0 aliphatic heterocycles. The van der Waals surface area contributed by atoms with Gasteiger partial charge in [-0.15, -0.1) is 11.8 Å². The zero-order valence-corrected chi connectivity index (χ0v) is 14.1. The molecular formula is C17H20ClNOS. The smallest absolute Gasteiger partial charge is 0.137 e. The number of nitrogens with one attached hydrogen (secondary N) is 1. The Bertz CT molecular complexity index is 603. The second-order valence-electron chi connectivity index (χ2n) is 4.86. The number of benzene rings is 2. The average Bonchev–Trinajstić information content (AvgIpc) is 2.49. The van der Waals surface area contributed by atoms with E-state index in [0.29, 0.717) is 5.02 Å². The molecule has 2 rings (SSSR count). The number of methoxy groups -OCH3 is 1.